The molecule has 16 heavy (non-hydrogen) atoms. The van der Waals surface area contributed by atoms with Gasteiger partial charge in [0.2, 0.25) is 0 Å². The van der Waals surface area contributed by atoms with Crippen LogP contribution < -0.4 is 5.32 Å². The van der Waals surface area contributed by atoms with Gasteiger partial charge in [0, 0.05) is 10.9 Å². The van der Waals surface area contributed by atoms with Crippen LogP contribution in [0.5, 0.6) is 0 Å². The standard InChI is InChI=1S/C12H17F2NS/c1-9(2)15-6-3-7-16-12-8-10(13)4-5-11(12)14/h4-5,8-9,15H,3,6-7H2,1-2H3. The van der Waals surface area contributed by atoms with Gasteiger partial charge >= 0.3 is 0 Å². The molecule has 0 fully saturated rings. The summed E-state index contributed by atoms with van der Waals surface area (Å²) < 4.78 is 26.0. The highest BCUT2D eigenvalue weighted by Gasteiger charge is 2.03. The number of thioether (sulfide) groups is 1. The molecule has 4 heteroatoms. The molecule has 0 radical (unpaired) electrons. The molecule has 0 saturated heterocycles. The van der Waals surface area contributed by atoms with Crippen LogP contribution >= 0.6 is 11.8 Å². The molecule has 1 nitrogen and oxygen atoms in total. The second kappa shape index (κ2) is 6.86. The Kier molecular flexibility index (Phi) is 5.77. The van der Waals surface area contributed by atoms with Gasteiger partial charge in [0.25, 0.3) is 0 Å². The Morgan fingerprint density at radius 3 is 2.75 bits per heavy atom. The second-order valence-electron chi connectivity index (χ2n) is 3.89. The van der Waals surface area contributed by atoms with Crippen molar-refractivity contribution in [3.63, 3.8) is 0 Å². The summed E-state index contributed by atoms with van der Waals surface area (Å²) in [6, 6.07) is 4.02. The average Bonchev–Trinajstić information content (AvgIpc) is 2.22. The molecule has 0 atom stereocenters. The molecule has 1 aromatic rings. The van der Waals surface area contributed by atoms with Crippen molar-refractivity contribution in [2.45, 2.75) is 31.2 Å². The minimum Gasteiger partial charge on any atom is -0.315 e. The van der Waals surface area contributed by atoms with Gasteiger partial charge < -0.3 is 5.32 Å². The van der Waals surface area contributed by atoms with Crippen LogP contribution in [0.1, 0.15) is 20.3 Å². The topological polar surface area (TPSA) is 12.0 Å². The number of hydrogen-bond donors (Lipinski definition) is 1. The Balaban J connectivity index is 2.29. The molecule has 1 aromatic carbocycles. The molecule has 0 bridgehead atoms. The Hall–Kier alpha value is -0.610. The first-order valence-electron chi connectivity index (χ1n) is 5.41. The molecule has 0 unspecified atom stereocenters. The van der Waals surface area contributed by atoms with Crippen LogP contribution in [0.2, 0.25) is 0 Å². The summed E-state index contributed by atoms with van der Waals surface area (Å²) in [7, 11) is 0. The summed E-state index contributed by atoms with van der Waals surface area (Å²) in [5.74, 6) is 0.0625. The lowest BCUT2D eigenvalue weighted by Gasteiger charge is -2.07. The van der Waals surface area contributed by atoms with Crippen molar-refractivity contribution in [1.82, 2.24) is 5.32 Å². The molecule has 0 spiro atoms. The van der Waals surface area contributed by atoms with Crippen molar-refractivity contribution < 1.29 is 8.78 Å². The van der Waals surface area contributed by atoms with E-state index in [1.165, 1.54) is 23.9 Å². The summed E-state index contributed by atoms with van der Waals surface area (Å²) in [5, 5.41) is 3.28. The van der Waals surface area contributed by atoms with E-state index < -0.39 is 0 Å². The zero-order chi connectivity index (χ0) is 12.0. The zero-order valence-electron chi connectivity index (χ0n) is 9.59. The minimum absolute atomic E-state index is 0.344. The Morgan fingerprint density at radius 2 is 2.06 bits per heavy atom. The molecule has 1 N–H and O–H groups in total. The number of nitrogens with one attached hydrogen (secondary N) is 1. The SMILES string of the molecule is CC(C)NCCCSc1cc(F)ccc1F. The molecular formula is C12H17F2NS. The van der Waals surface area contributed by atoms with E-state index in [9.17, 15) is 8.78 Å². The average molecular weight is 245 g/mol. The first-order valence-corrected chi connectivity index (χ1v) is 6.39. The van der Waals surface area contributed by atoms with E-state index in [4.69, 9.17) is 0 Å². The van der Waals surface area contributed by atoms with E-state index in [1.807, 2.05) is 0 Å². The molecule has 0 aliphatic heterocycles. The van der Waals surface area contributed by atoms with Crippen LogP contribution in [-0.2, 0) is 0 Å². The third-order valence-electron chi connectivity index (χ3n) is 2.02. The van der Waals surface area contributed by atoms with E-state index in [0.717, 1.165) is 24.8 Å². The van der Waals surface area contributed by atoms with E-state index in [0.29, 0.717) is 10.9 Å². The van der Waals surface area contributed by atoms with Crippen molar-refractivity contribution >= 4 is 11.8 Å². The van der Waals surface area contributed by atoms with Gasteiger partial charge in [-0.05, 0) is 36.9 Å². The predicted octanol–water partition coefficient (Wildman–Crippen LogP) is 3.45. The Labute approximate surface area is 99.6 Å². The molecule has 90 valence electrons. The third-order valence-corrected chi connectivity index (χ3v) is 3.14. The number of hydrogen-bond acceptors (Lipinski definition) is 2. The molecule has 1 rings (SSSR count). The number of benzene rings is 1. The monoisotopic (exact) mass is 245 g/mol. The van der Waals surface area contributed by atoms with Crippen LogP contribution in [-0.4, -0.2) is 18.3 Å². The molecule has 0 aliphatic carbocycles. The Bertz CT molecular complexity index is 329. The fourth-order valence-electron chi connectivity index (χ4n) is 1.23. The van der Waals surface area contributed by atoms with Gasteiger partial charge in [0.05, 0.1) is 0 Å². The lowest BCUT2D eigenvalue weighted by Crippen LogP contribution is -2.23. The van der Waals surface area contributed by atoms with Gasteiger partial charge in [-0.25, -0.2) is 8.78 Å². The third kappa shape index (κ3) is 4.94. The summed E-state index contributed by atoms with van der Waals surface area (Å²) in [5.41, 5.74) is 0. The maximum atomic E-state index is 13.2. The van der Waals surface area contributed by atoms with E-state index in [2.05, 4.69) is 19.2 Å². The van der Waals surface area contributed by atoms with Crippen molar-refractivity contribution in [1.29, 1.82) is 0 Å². The van der Waals surface area contributed by atoms with Gasteiger partial charge in [0.1, 0.15) is 11.6 Å². The fraction of sp³-hybridized carbons (Fsp3) is 0.500. The zero-order valence-corrected chi connectivity index (χ0v) is 10.4. The maximum absolute atomic E-state index is 13.2. The maximum Gasteiger partial charge on any atom is 0.136 e. The van der Waals surface area contributed by atoms with Crippen molar-refractivity contribution in [2.24, 2.45) is 0 Å². The molecule has 0 aromatic heterocycles. The normalized spacial score (nSPS) is 11.1. The van der Waals surface area contributed by atoms with Gasteiger partial charge in [-0.15, -0.1) is 11.8 Å². The molecule has 0 saturated carbocycles. The van der Waals surface area contributed by atoms with Gasteiger partial charge in [-0.1, -0.05) is 13.8 Å². The highest BCUT2D eigenvalue weighted by molar-refractivity contribution is 7.99. The fourth-order valence-corrected chi connectivity index (χ4v) is 2.14. The Morgan fingerprint density at radius 1 is 1.31 bits per heavy atom. The van der Waals surface area contributed by atoms with Crippen LogP contribution in [0.4, 0.5) is 8.78 Å². The largest absolute Gasteiger partial charge is 0.315 e. The van der Waals surface area contributed by atoms with Crippen molar-refractivity contribution in [3.8, 4) is 0 Å². The van der Waals surface area contributed by atoms with Crippen molar-refractivity contribution in [3.05, 3.63) is 29.8 Å². The lowest BCUT2D eigenvalue weighted by molar-refractivity contribution is 0.575. The second-order valence-corrected chi connectivity index (χ2v) is 5.02. The van der Waals surface area contributed by atoms with E-state index in [-0.39, 0.29) is 11.6 Å². The molecule has 0 heterocycles. The van der Waals surface area contributed by atoms with Crippen LogP contribution in [0.15, 0.2) is 23.1 Å². The smallest absolute Gasteiger partial charge is 0.136 e. The quantitative estimate of drug-likeness (QED) is 0.608. The van der Waals surface area contributed by atoms with Crippen LogP contribution in [0.3, 0.4) is 0 Å². The lowest BCUT2D eigenvalue weighted by atomic mass is 10.3. The predicted molar refractivity (Wildman–Crippen MR) is 64.8 cm³/mol. The first-order chi connectivity index (χ1) is 7.59. The van der Waals surface area contributed by atoms with Gasteiger partial charge in [-0.3, -0.25) is 0 Å². The summed E-state index contributed by atoms with van der Waals surface area (Å²) in [6.45, 7) is 5.07. The van der Waals surface area contributed by atoms with E-state index >= 15 is 0 Å². The highest BCUT2D eigenvalue weighted by Crippen LogP contribution is 2.22. The van der Waals surface area contributed by atoms with Gasteiger partial charge in [-0.2, -0.15) is 0 Å². The summed E-state index contributed by atoms with van der Waals surface area (Å²) in [4.78, 5) is 0.393. The van der Waals surface area contributed by atoms with Crippen molar-refractivity contribution in [2.75, 3.05) is 12.3 Å². The molecule has 0 aliphatic rings. The molecule has 0 amide bonds. The minimum atomic E-state index is -0.385. The highest BCUT2D eigenvalue weighted by atomic mass is 32.2. The van der Waals surface area contributed by atoms with E-state index in [1.54, 1.807) is 0 Å². The summed E-state index contributed by atoms with van der Waals surface area (Å²) in [6.07, 6.45) is 0.943. The van der Waals surface area contributed by atoms with Crippen LogP contribution in [0, 0.1) is 11.6 Å². The van der Waals surface area contributed by atoms with Crippen LogP contribution in [0.25, 0.3) is 0 Å². The van der Waals surface area contributed by atoms with Gasteiger partial charge in [0.15, 0.2) is 0 Å². The number of halogens is 2. The number of rotatable bonds is 6. The molecular weight excluding hydrogens is 228 g/mol. The summed E-state index contributed by atoms with van der Waals surface area (Å²) >= 11 is 1.36. The first kappa shape index (κ1) is 13.5.